The Hall–Kier alpha value is -0.810. The molecule has 0 unspecified atom stereocenters. The Morgan fingerprint density at radius 3 is 2.31 bits per heavy atom. The van der Waals surface area contributed by atoms with Crippen molar-refractivity contribution in [3.63, 3.8) is 0 Å². The lowest BCUT2D eigenvalue weighted by molar-refractivity contribution is 0.341. The van der Waals surface area contributed by atoms with Gasteiger partial charge in [0.15, 0.2) is 0 Å². The van der Waals surface area contributed by atoms with Crippen molar-refractivity contribution < 1.29 is 19.7 Å². The van der Waals surface area contributed by atoms with Crippen LogP contribution < -0.4 is 10.9 Å². The molecule has 0 fully saturated rings. The third-order valence-corrected chi connectivity index (χ3v) is 1.72. The first-order chi connectivity index (χ1) is 6.15. The quantitative estimate of drug-likeness (QED) is 0.457. The van der Waals surface area contributed by atoms with Crippen LogP contribution in [-0.4, -0.2) is 36.4 Å². The molecule has 0 aliphatic heterocycles. The van der Waals surface area contributed by atoms with Crippen molar-refractivity contribution in [3.05, 3.63) is 24.3 Å². The van der Waals surface area contributed by atoms with Gasteiger partial charge in [-0.05, 0) is 10.9 Å². The molecular weight excluding hydrogens is 170 g/mol. The van der Waals surface area contributed by atoms with Crippen LogP contribution >= 0.6 is 0 Å². The van der Waals surface area contributed by atoms with E-state index in [9.17, 15) is 5.02 Å². The van der Waals surface area contributed by atoms with Crippen molar-refractivity contribution in [2.45, 2.75) is 0 Å². The first-order valence-electron chi connectivity index (χ1n) is 3.82. The van der Waals surface area contributed by atoms with E-state index in [4.69, 9.17) is 10.0 Å². The van der Waals surface area contributed by atoms with Crippen LogP contribution in [-0.2, 0) is 4.65 Å². The molecule has 0 saturated carbocycles. The minimum Gasteiger partial charge on any atom is -0.423 e. The molecule has 3 N–H and O–H groups in total. The molecule has 68 valence electrons. The normalized spacial score (nSPS) is 9.85. The van der Waals surface area contributed by atoms with E-state index in [1.807, 2.05) is 0 Å². The van der Waals surface area contributed by atoms with Crippen molar-refractivity contribution in [1.29, 1.82) is 0 Å². The van der Waals surface area contributed by atoms with Gasteiger partial charge in [-0.2, -0.15) is 0 Å². The molecule has 0 aromatic heterocycles. The van der Waals surface area contributed by atoms with Gasteiger partial charge < -0.3 is 19.7 Å². The Labute approximate surface area is 77.1 Å². The van der Waals surface area contributed by atoms with Crippen LogP contribution in [0.2, 0.25) is 0 Å². The molecule has 0 atom stereocenters. The predicted octanol–water partition coefficient (Wildman–Crippen LogP) is -2.30. The van der Waals surface area contributed by atoms with Crippen LogP contribution in [0.3, 0.4) is 0 Å². The molecule has 1 rings (SSSR count). The molecule has 0 heterocycles. The van der Waals surface area contributed by atoms with E-state index in [0.29, 0.717) is 10.9 Å². The summed E-state index contributed by atoms with van der Waals surface area (Å²) in [6, 6.07) is 6.28. The van der Waals surface area contributed by atoms with Gasteiger partial charge in [0.2, 0.25) is 0 Å². The largest absolute Gasteiger partial charge is 0.490 e. The van der Waals surface area contributed by atoms with Gasteiger partial charge in [0, 0.05) is 7.11 Å². The van der Waals surface area contributed by atoms with Gasteiger partial charge in [-0.3, -0.25) is 0 Å². The Kier molecular flexibility index (Phi) is 3.50. The smallest absolute Gasteiger partial charge is 0.423 e. The zero-order valence-corrected chi connectivity index (χ0v) is 7.21. The molecule has 1 aromatic carbocycles. The third-order valence-electron chi connectivity index (χ3n) is 1.72. The van der Waals surface area contributed by atoms with Crippen LogP contribution in [0.4, 0.5) is 0 Å². The Bertz CT molecular complexity index is 279. The summed E-state index contributed by atoms with van der Waals surface area (Å²) in [6.45, 7) is 0. The van der Waals surface area contributed by atoms with E-state index in [1.54, 1.807) is 18.2 Å². The predicted molar refractivity (Wildman–Crippen MR) is 50.9 cm³/mol. The molecule has 0 aliphatic carbocycles. The van der Waals surface area contributed by atoms with Gasteiger partial charge in [0.25, 0.3) is 0 Å². The zero-order valence-electron chi connectivity index (χ0n) is 7.21. The van der Waals surface area contributed by atoms with Crippen LogP contribution in [0.15, 0.2) is 24.3 Å². The zero-order chi connectivity index (χ0) is 9.84. The summed E-state index contributed by atoms with van der Waals surface area (Å²) in [7, 11) is -1.19. The van der Waals surface area contributed by atoms with E-state index in [-0.39, 0.29) is 0 Å². The molecule has 1 aromatic rings. The number of benzene rings is 1. The molecule has 0 bridgehead atoms. The van der Waals surface area contributed by atoms with E-state index in [2.05, 4.69) is 4.65 Å². The summed E-state index contributed by atoms with van der Waals surface area (Å²) >= 11 is 0. The van der Waals surface area contributed by atoms with Gasteiger partial charge in [0.1, 0.15) is 0 Å². The molecule has 4 nitrogen and oxygen atoms in total. The number of hydrogen-bond acceptors (Lipinski definition) is 4. The van der Waals surface area contributed by atoms with Gasteiger partial charge in [-0.25, -0.2) is 0 Å². The highest BCUT2D eigenvalue weighted by atomic mass is 16.5. The van der Waals surface area contributed by atoms with E-state index >= 15 is 0 Å². The average molecular weight is 180 g/mol. The highest BCUT2D eigenvalue weighted by Crippen LogP contribution is 1.86. The van der Waals surface area contributed by atoms with Crippen LogP contribution in [0.1, 0.15) is 0 Å². The minimum atomic E-state index is -1.52. The maximum Gasteiger partial charge on any atom is 0.490 e. The molecule has 0 amide bonds. The highest BCUT2D eigenvalue weighted by Gasteiger charge is 2.17. The van der Waals surface area contributed by atoms with Gasteiger partial charge in [-0.1, -0.05) is 24.3 Å². The van der Waals surface area contributed by atoms with Crippen LogP contribution in [0.5, 0.6) is 0 Å². The molecule has 0 spiro atoms. The Morgan fingerprint density at radius 2 is 1.77 bits per heavy atom. The minimum absolute atomic E-state index is 0.327. The highest BCUT2D eigenvalue weighted by molar-refractivity contribution is 6.63. The second-order valence-electron chi connectivity index (χ2n) is 2.63. The van der Waals surface area contributed by atoms with Crippen LogP contribution in [0.25, 0.3) is 0 Å². The SMILES string of the molecule is COB(O)c1cccc(B(O)O)c1. The lowest BCUT2D eigenvalue weighted by atomic mass is 9.73. The monoisotopic (exact) mass is 180 g/mol. The average Bonchev–Trinajstić information content (AvgIpc) is 2.17. The molecular formula is C7H10B2O4. The molecule has 0 radical (unpaired) electrons. The van der Waals surface area contributed by atoms with E-state index < -0.39 is 14.2 Å². The van der Waals surface area contributed by atoms with E-state index in [0.717, 1.165) is 0 Å². The second-order valence-corrected chi connectivity index (χ2v) is 2.63. The molecule has 6 heteroatoms. The van der Waals surface area contributed by atoms with Gasteiger partial charge in [0.05, 0.1) is 0 Å². The fraction of sp³-hybridized carbons (Fsp3) is 0.143. The Morgan fingerprint density at radius 1 is 1.15 bits per heavy atom. The standard InChI is InChI=1S/C7H10B2O4/c1-13-9(12)7-4-2-3-6(5-7)8(10)11/h2-5,10-12H,1H3. The molecule has 0 saturated heterocycles. The maximum atomic E-state index is 9.25. The van der Waals surface area contributed by atoms with Gasteiger partial charge in [-0.15, -0.1) is 0 Å². The topological polar surface area (TPSA) is 69.9 Å². The summed E-state index contributed by atoms with van der Waals surface area (Å²) < 4.78 is 4.66. The lowest BCUT2D eigenvalue weighted by Crippen LogP contribution is -2.38. The number of rotatable bonds is 3. The van der Waals surface area contributed by atoms with Crippen LogP contribution in [0, 0.1) is 0 Å². The third kappa shape index (κ3) is 2.57. The second kappa shape index (κ2) is 4.43. The van der Waals surface area contributed by atoms with Crippen molar-refractivity contribution in [3.8, 4) is 0 Å². The summed E-state index contributed by atoms with van der Waals surface area (Å²) in [6.07, 6.45) is 0. The summed E-state index contributed by atoms with van der Waals surface area (Å²) in [5.74, 6) is 0. The van der Waals surface area contributed by atoms with E-state index in [1.165, 1.54) is 13.2 Å². The molecule has 0 aliphatic rings. The fourth-order valence-corrected chi connectivity index (χ4v) is 1.01. The first kappa shape index (κ1) is 10.3. The summed E-state index contributed by atoms with van der Waals surface area (Å²) in [5, 5.41) is 26.9. The first-order valence-corrected chi connectivity index (χ1v) is 3.82. The van der Waals surface area contributed by atoms with Crippen molar-refractivity contribution in [2.24, 2.45) is 0 Å². The molecule has 13 heavy (non-hydrogen) atoms. The maximum absolute atomic E-state index is 9.25. The van der Waals surface area contributed by atoms with Crippen molar-refractivity contribution in [2.75, 3.05) is 7.11 Å². The van der Waals surface area contributed by atoms with Gasteiger partial charge >= 0.3 is 14.2 Å². The lowest BCUT2D eigenvalue weighted by Gasteiger charge is -2.05. The Balaban J connectivity index is 2.91. The fourth-order valence-electron chi connectivity index (χ4n) is 1.01. The van der Waals surface area contributed by atoms with Crippen molar-refractivity contribution >= 4 is 25.2 Å². The summed E-state index contributed by atoms with van der Waals surface area (Å²) in [5.41, 5.74) is 0.821. The summed E-state index contributed by atoms with van der Waals surface area (Å²) in [4.78, 5) is 0. The number of hydrogen-bond donors (Lipinski definition) is 3. The van der Waals surface area contributed by atoms with Crippen molar-refractivity contribution in [1.82, 2.24) is 0 Å².